The van der Waals surface area contributed by atoms with E-state index in [1.807, 2.05) is 22.0 Å². The number of nitrogens with two attached hydrogens (primary N) is 2. The summed E-state index contributed by atoms with van der Waals surface area (Å²) >= 11 is 1.91. The predicted molar refractivity (Wildman–Crippen MR) is 175 cm³/mol. The van der Waals surface area contributed by atoms with Crippen molar-refractivity contribution in [2.75, 3.05) is 30.8 Å². The van der Waals surface area contributed by atoms with Gasteiger partial charge in [0.25, 0.3) is 12.3 Å². The number of hydrogen-bond donors (Lipinski definition) is 4. The van der Waals surface area contributed by atoms with Crippen LogP contribution in [0.5, 0.6) is 0 Å². The largest absolute Gasteiger partial charge is 0.434 e. The van der Waals surface area contributed by atoms with Crippen LogP contribution in [0.3, 0.4) is 0 Å². The lowest BCUT2D eigenvalue weighted by atomic mass is 10.1. The Balaban J connectivity index is 1.59. The molecule has 1 aliphatic rings. The minimum atomic E-state index is -4.92. The van der Waals surface area contributed by atoms with Crippen LogP contribution in [-0.2, 0) is 6.18 Å². The smallest absolute Gasteiger partial charge is 0.382 e. The number of fused-ring (bicyclic) bond motifs is 1. The van der Waals surface area contributed by atoms with Crippen molar-refractivity contribution in [2.45, 2.75) is 32.4 Å². The maximum atomic E-state index is 14.1. The number of nitrogens with zero attached hydrogens (tertiary/aromatic N) is 7. The first-order chi connectivity index (χ1) is 21.8. The molecule has 0 aliphatic carbocycles. The number of hydrogen-bond acceptors (Lipinski definition) is 9. The number of alkyl halides is 5. The predicted octanol–water partition coefficient (Wildman–Crippen LogP) is 6.03. The summed E-state index contributed by atoms with van der Waals surface area (Å²) in [6.45, 7) is 2.50. The number of carbonyl (C=O) groups excluding carboxylic acids is 1. The third-order valence-electron chi connectivity index (χ3n) is 7.11. The Morgan fingerprint density at radius 1 is 1.07 bits per heavy atom. The Kier molecular flexibility index (Phi) is 9.78. The van der Waals surface area contributed by atoms with E-state index in [1.54, 1.807) is 25.1 Å². The second-order valence-corrected chi connectivity index (χ2v) is 12.4. The lowest BCUT2D eigenvalue weighted by Crippen LogP contribution is -2.30. The van der Waals surface area contributed by atoms with Crippen molar-refractivity contribution in [3.8, 4) is 0 Å². The standard InChI is InChI=1S/C27H28F5IN11OP/c1-13-14(23(34)41-42(2)35)6-5-7-16(13)36-17-12-19(39-24-20(17)40-25(22(28)29)44(24)46-33)37-18-9-8-15(21(38-18)27(30,31)32)26(45)43-10-3-4-11-43/h5-9,12,22,46H,3-4,10-11,35H2,1-2H3,(H2,34,41)(H2,36,37,38,39). The lowest BCUT2D eigenvalue weighted by molar-refractivity contribution is -0.141. The average Bonchev–Trinajstić information content (AvgIpc) is 3.66. The highest BCUT2D eigenvalue weighted by Gasteiger charge is 2.39. The molecule has 3 aromatic heterocycles. The van der Waals surface area contributed by atoms with Crippen molar-refractivity contribution in [2.24, 2.45) is 16.7 Å². The zero-order chi connectivity index (χ0) is 33.3. The average molecular weight is 775 g/mol. The van der Waals surface area contributed by atoms with Crippen LogP contribution in [0.2, 0.25) is 0 Å². The van der Waals surface area contributed by atoms with Gasteiger partial charge in [0.1, 0.15) is 17.2 Å². The van der Waals surface area contributed by atoms with Crippen LogP contribution in [0.4, 0.5) is 45.0 Å². The zero-order valence-electron chi connectivity index (χ0n) is 24.3. The molecular weight excluding hydrogens is 747 g/mol. The van der Waals surface area contributed by atoms with Gasteiger partial charge in [-0.25, -0.2) is 34.7 Å². The Morgan fingerprint density at radius 3 is 2.41 bits per heavy atom. The van der Waals surface area contributed by atoms with E-state index in [2.05, 4.69) is 30.7 Å². The molecule has 1 aliphatic heterocycles. The third-order valence-corrected chi connectivity index (χ3v) is 9.17. The van der Waals surface area contributed by atoms with Gasteiger partial charge < -0.3 is 21.3 Å². The SMILES string of the molecule is Cc1c(Nc2cc(Nc3ccc(C(=O)N4CCCC4)c(C(F)(F)F)n3)nc3c2nc(C(F)F)n3PI)cccc1/C(N)=N/N(C)N. The zero-order valence-corrected chi connectivity index (χ0v) is 27.5. The molecule has 1 saturated heterocycles. The number of rotatable bonds is 9. The van der Waals surface area contributed by atoms with E-state index >= 15 is 0 Å². The number of imidazole rings is 1. The fourth-order valence-corrected chi connectivity index (χ4v) is 6.91. The number of aromatic nitrogens is 4. The van der Waals surface area contributed by atoms with Gasteiger partial charge in [0, 0.05) is 37.5 Å². The molecule has 1 fully saturated rings. The first kappa shape index (κ1) is 33.5. The summed E-state index contributed by atoms with van der Waals surface area (Å²) < 4.78 is 71.6. The van der Waals surface area contributed by atoms with Crippen LogP contribution in [0, 0.1) is 6.92 Å². The summed E-state index contributed by atoms with van der Waals surface area (Å²) in [7, 11) is 1.50. The molecule has 1 unspecified atom stereocenters. The van der Waals surface area contributed by atoms with E-state index in [0.717, 1.165) is 11.2 Å². The number of amidine groups is 1. The molecule has 19 heteroatoms. The molecule has 1 atom stereocenters. The minimum absolute atomic E-state index is 0.00880. The number of hydrazone groups is 1. The van der Waals surface area contributed by atoms with Crippen LogP contribution < -0.4 is 22.2 Å². The fraction of sp³-hybridized carbons (Fsp3) is 0.296. The van der Waals surface area contributed by atoms with Gasteiger partial charge in [0.15, 0.2) is 23.0 Å². The minimum Gasteiger partial charge on any atom is -0.382 e. The Morgan fingerprint density at radius 2 is 1.78 bits per heavy atom. The first-order valence-corrected chi connectivity index (χ1v) is 17.8. The highest BCUT2D eigenvalue weighted by Crippen LogP contribution is 2.39. The molecule has 0 spiro atoms. The van der Waals surface area contributed by atoms with Crippen LogP contribution in [-0.4, -0.2) is 61.2 Å². The molecule has 244 valence electrons. The van der Waals surface area contributed by atoms with Gasteiger partial charge in [0.05, 0.1) is 17.6 Å². The number of amides is 1. The highest BCUT2D eigenvalue weighted by molar-refractivity contribution is 14.2. The number of pyridine rings is 2. The molecule has 6 N–H and O–H groups in total. The van der Waals surface area contributed by atoms with Crippen LogP contribution in [0.15, 0.2) is 41.5 Å². The second-order valence-electron chi connectivity index (χ2n) is 10.3. The molecule has 0 bridgehead atoms. The maximum absolute atomic E-state index is 14.1. The third kappa shape index (κ3) is 6.92. The summed E-state index contributed by atoms with van der Waals surface area (Å²) in [5, 5.41) is 11.0. The van der Waals surface area contributed by atoms with Gasteiger partial charge in [-0.05, 0) is 65.6 Å². The quantitative estimate of drug-likeness (QED) is 0.0304. The van der Waals surface area contributed by atoms with Crippen LogP contribution in [0.1, 0.15) is 52.3 Å². The van der Waals surface area contributed by atoms with Crippen molar-refractivity contribution in [1.29, 1.82) is 0 Å². The van der Waals surface area contributed by atoms with Crippen molar-refractivity contribution < 1.29 is 26.7 Å². The van der Waals surface area contributed by atoms with E-state index < -0.39 is 35.6 Å². The van der Waals surface area contributed by atoms with Gasteiger partial charge in [-0.15, -0.1) is 5.10 Å². The van der Waals surface area contributed by atoms with Crippen molar-refractivity contribution in [1.82, 2.24) is 29.3 Å². The first-order valence-electron chi connectivity index (χ1n) is 13.7. The number of hydrazine groups is 1. The normalized spacial score (nSPS) is 14.2. The maximum Gasteiger partial charge on any atom is 0.434 e. The lowest BCUT2D eigenvalue weighted by Gasteiger charge is -2.19. The number of anilines is 4. The van der Waals surface area contributed by atoms with Gasteiger partial charge in [-0.3, -0.25) is 9.13 Å². The van der Waals surface area contributed by atoms with Crippen molar-refractivity contribution in [3.63, 3.8) is 0 Å². The highest BCUT2D eigenvalue weighted by atomic mass is 127. The monoisotopic (exact) mass is 775 g/mol. The molecule has 5 rings (SSSR count). The number of halogens is 6. The number of nitrogens with one attached hydrogen (secondary N) is 2. The molecular formula is C27H28F5IN11OP. The van der Waals surface area contributed by atoms with E-state index in [-0.39, 0.29) is 40.7 Å². The molecule has 0 radical (unpaired) electrons. The summed E-state index contributed by atoms with van der Waals surface area (Å²) in [5.41, 5.74) is 6.31. The number of carbonyl (C=O) groups is 1. The second kappa shape index (κ2) is 13.4. The molecule has 0 saturated carbocycles. The van der Waals surface area contributed by atoms with Crippen LogP contribution >= 0.6 is 28.4 Å². The van der Waals surface area contributed by atoms with E-state index in [1.165, 1.54) is 28.4 Å². The Hall–Kier alpha value is -3.90. The Labute approximate surface area is 274 Å². The molecule has 46 heavy (non-hydrogen) atoms. The Bertz CT molecular complexity index is 1810. The topological polar surface area (TPSA) is 156 Å². The van der Waals surface area contributed by atoms with Gasteiger partial charge in [-0.1, -0.05) is 12.1 Å². The number of likely N-dealkylation sites (tertiary alicyclic amines) is 1. The summed E-state index contributed by atoms with van der Waals surface area (Å²) in [4.78, 5) is 26.6. The summed E-state index contributed by atoms with van der Waals surface area (Å²) in [5.74, 6) is 4.19. The van der Waals surface area contributed by atoms with Crippen molar-refractivity contribution >= 4 is 74.3 Å². The van der Waals surface area contributed by atoms with Gasteiger partial charge >= 0.3 is 6.18 Å². The molecule has 1 amide bonds. The molecule has 4 heterocycles. The summed E-state index contributed by atoms with van der Waals surface area (Å²) in [6.07, 6.45) is -6.65. The molecule has 1 aromatic carbocycles. The molecule has 4 aromatic rings. The number of benzene rings is 1. The van der Waals surface area contributed by atoms with Gasteiger partial charge in [-0.2, -0.15) is 13.2 Å². The summed E-state index contributed by atoms with van der Waals surface area (Å²) in [6, 6.07) is 8.87. The van der Waals surface area contributed by atoms with Crippen molar-refractivity contribution in [3.05, 3.63) is 64.6 Å². The molecule has 12 nitrogen and oxygen atoms in total. The van der Waals surface area contributed by atoms with Crippen LogP contribution in [0.25, 0.3) is 11.2 Å². The van der Waals surface area contributed by atoms with E-state index in [0.29, 0.717) is 42.7 Å². The van der Waals surface area contributed by atoms with E-state index in [4.69, 9.17) is 11.6 Å². The van der Waals surface area contributed by atoms with E-state index in [9.17, 15) is 26.7 Å². The van der Waals surface area contributed by atoms with Gasteiger partial charge in [0.2, 0.25) is 0 Å². The fourth-order valence-electron chi connectivity index (χ4n) is 5.01.